The molecule has 1 heterocycles. The van der Waals surface area contributed by atoms with Gasteiger partial charge in [0.2, 0.25) is 11.8 Å². The average molecular weight is 455 g/mol. The highest BCUT2D eigenvalue weighted by Crippen LogP contribution is 2.32. The minimum absolute atomic E-state index is 0.0138. The molecule has 3 aromatic carbocycles. The quantitative estimate of drug-likeness (QED) is 0.142. The van der Waals surface area contributed by atoms with Crippen molar-refractivity contribution in [2.24, 2.45) is 15.2 Å². The predicted octanol–water partition coefficient (Wildman–Crippen LogP) is 5.23. The van der Waals surface area contributed by atoms with Gasteiger partial charge in [0.1, 0.15) is 5.25 Å². The number of azo groups is 1. The SMILES string of the molecule is N#CNC(=Nc1ccccc1)SC1CC(=O)N(c2ccc(N=Nc3ccccc3)cc2)C1=O. The van der Waals surface area contributed by atoms with E-state index in [0.29, 0.717) is 17.1 Å². The van der Waals surface area contributed by atoms with E-state index in [2.05, 4.69) is 20.5 Å². The number of carbonyl (C=O) groups excluding carboxylic acids is 2. The molecule has 1 N–H and O–H groups in total. The molecule has 1 aliphatic heterocycles. The fraction of sp³-hybridized carbons (Fsp3) is 0.0833. The normalized spacial score (nSPS) is 16.3. The number of rotatable bonds is 5. The van der Waals surface area contributed by atoms with Crippen LogP contribution >= 0.6 is 11.8 Å². The molecule has 2 amide bonds. The van der Waals surface area contributed by atoms with Gasteiger partial charge in [-0.2, -0.15) is 15.5 Å². The molecule has 4 rings (SSSR count). The van der Waals surface area contributed by atoms with Gasteiger partial charge >= 0.3 is 0 Å². The Kier molecular flexibility index (Phi) is 6.87. The first-order valence-electron chi connectivity index (χ1n) is 10.0. The van der Waals surface area contributed by atoms with Crippen LogP contribution in [-0.2, 0) is 9.59 Å². The number of benzene rings is 3. The van der Waals surface area contributed by atoms with Crippen LogP contribution in [0, 0.1) is 11.5 Å². The number of hydrogen-bond donors (Lipinski definition) is 1. The molecule has 0 aromatic heterocycles. The number of amides is 2. The summed E-state index contributed by atoms with van der Waals surface area (Å²) >= 11 is 1.06. The molecule has 0 aliphatic carbocycles. The monoisotopic (exact) mass is 454 g/mol. The maximum absolute atomic E-state index is 13.0. The van der Waals surface area contributed by atoms with Crippen LogP contribution in [0.15, 0.2) is 100 Å². The van der Waals surface area contributed by atoms with E-state index in [4.69, 9.17) is 5.26 Å². The molecule has 1 aliphatic rings. The average Bonchev–Trinajstić information content (AvgIpc) is 3.12. The van der Waals surface area contributed by atoms with Gasteiger partial charge < -0.3 is 0 Å². The molecule has 0 spiro atoms. The number of amidine groups is 1. The largest absolute Gasteiger partial charge is 0.274 e. The Bertz CT molecular complexity index is 1240. The van der Waals surface area contributed by atoms with E-state index in [0.717, 1.165) is 22.3 Å². The molecule has 1 fully saturated rings. The van der Waals surface area contributed by atoms with Crippen LogP contribution in [-0.4, -0.2) is 22.2 Å². The minimum atomic E-state index is -0.682. The smallest absolute Gasteiger partial charge is 0.247 e. The van der Waals surface area contributed by atoms with Gasteiger partial charge in [-0.15, -0.1) is 0 Å². The molecule has 1 atom stereocenters. The van der Waals surface area contributed by atoms with Gasteiger partial charge in [0.25, 0.3) is 0 Å². The molecule has 162 valence electrons. The van der Waals surface area contributed by atoms with E-state index >= 15 is 0 Å². The maximum atomic E-state index is 13.0. The summed E-state index contributed by atoms with van der Waals surface area (Å²) in [6.07, 6.45) is 1.84. The van der Waals surface area contributed by atoms with E-state index in [1.165, 1.54) is 0 Å². The van der Waals surface area contributed by atoms with Crippen LogP contribution < -0.4 is 10.2 Å². The number of hydrogen-bond acceptors (Lipinski definition) is 7. The van der Waals surface area contributed by atoms with Crippen molar-refractivity contribution in [2.45, 2.75) is 11.7 Å². The number of nitriles is 1. The predicted molar refractivity (Wildman–Crippen MR) is 128 cm³/mol. The summed E-state index contributed by atoms with van der Waals surface area (Å²) in [5.41, 5.74) is 2.42. The summed E-state index contributed by atoms with van der Waals surface area (Å²) in [4.78, 5) is 31.1. The molecule has 8 nitrogen and oxygen atoms in total. The van der Waals surface area contributed by atoms with Crippen molar-refractivity contribution < 1.29 is 9.59 Å². The third-order valence-corrected chi connectivity index (χ3v) is 5.72. The standard InChI is InChI=1S/C24H18N6O2S/c25-16-26-24(27-17-7-3-1-4-8-17)33-21-15-22(31)30(23(21)32)20-13-11-19(12-14-20)29-28-18-9-5-2-6-10-18/h1-14,21H,15H2,(H,26,27). The summed E-state index contributed by atoms with van der Waals surface area (Å²) in [5.74, 6) is -0.670. The molecular weight excluding hydrogens is 436 g/mol. The second-order valence-corrected chi connectivity index (χ2v) is 8.11. The highest BCUT2D eigenvalue weighted by atomic mass is 32.2. The number of anilines is 1. The van der Waals surface area contributed by atoms with Crippen LogP contribution in [0.1, 0.15) is 6.42 Å². The van der Waals surface area contributed by atoms with Gasteiger partial charge in [0.15, 0.2) is 11.4 Å². The molecule has 0 radical (unpaired) electrons. The highest BCUT2D eigenvalue weighted by molar-refractivity contribution is 8.15. The first kappa shape index (κ1) is 21.9. The molecule has 33 heavy (non-hydrogen) atoms. The molecule has 9 heteroatoms. The Labute approximate surface area is 194 Å². The first-order chi connectivity index (χ1) is 16.1. The summed E-state index contributed by atoms with van der Waals surface area (Å²) in [6, 6.07) is 25.1. The Morgan fingerprint density at radius 1 is 0.879 bits per heavy atom. The molecule has 3 aromatic rings. The van der Waals surface area contributed by atoms with Crippen molar-refractivity contribution in [2.75, 3.05) is 4.90 Å². The lowest BCUT2D eigenvalue weighted by Gasteiger charge is -2.15. The van der Waals surface area contributed by atoms with Crippen molar-refractivity contribution in [3.05, 3.63) is 84.9 Å². The van der Waals surface area contributed by atoms with Gasteiger partial charge in [0.05, 0.1) is 22.7 Å². The highest BCUT2D eigenvalue weighted by Gasteiger charge is 2.40. The fourth-order valence-electron chi connectivity index (χ4n) is 3.13. The van der Waals surface area contributed by atoms with Crippen molar-refractivity contribution in [1.82, 2.24) is 5.32 Å². The Morgan fingerprint density at radius 3 is 2.06 bits per heavy atom. The third kappa shape index (κ3) is 5.50. The van der Waals surface area contributed by atoms with Crippen molar-refractivity contribution in [1.29, 1.82) is 5.26 Å². The number of imide groups is 1. The molecular formula is C24H18N6O2S. The summed E-state index contributed by atoms with van der Waals surface area (Å²) in [5, 5.41) is 19.4. The Hall–Kier alpha value is -4.29. The lowest BCUT2D eigenvalue weighted by molar-refractivity contribution is -0.121. The summed E-state index contributed by atoms with van der Waals surface area (Å²) in [7, 11) is 0. The van der Waals surface area contributed by atoms with Crippen molar-refractivity contribution in [3.63, 3.8) is 0 Å². The van der Waals surface area contributed by atoms with Crippen LogP contribution in [0.4, 0.5) is 22.7 Å². The zero-order valence-corrected chi connectivity index (χ0v) is 18.1. The Balaban J connectivity index is 1.47. The molecule has 1 saturated heterocycles. The molecule has 1 unspecified atom stereocenters. The van der Waals surface area contributed by atoms with Gasteiger partial charge in [-0.3, -0.25) is 14.9 Å². The second-order valence-electron chi connectivity index (χ2n) is 6.92. The van der Waals surface area contributed by atoms with Crippen molar-refractivity contribution >= 4 is 51.5 Å². The van der Waals surface area contributed by atoms with Crippen LogP contribution in [0.2, 0.25) is 0 Å². The molecule has 0 saturated carbocycles. The van der Waals surface area contributed by atoms with E-state index in [-0.39, 0.29) is 23.4 Å². The van der Waals surface area contributed by atoms with Gasteiger partial charge in [0, 0.05) is 6.42 Å². The zero-order chi connectivity index (χ0) is 23.0. The number of aliphatic imine (C=N–C) groups is 1. The summed E-state index contributed by atoms with van der Waals surface area (Å²) in [6.45, 7) is 0. The van der Waals surface area contributed by atoms with E-state index in [9.17, 15) is 9.59 Å². The fourth-order valence-corrected chi connectivity index (χ4v) is 4.10. The van der Waals surface area contributed by atoms with Crippen molar-refractivity contribution in [3.8, 4) is 6.19 Å². The number of nitrogens with zero attached hydrogens (tertiary/aromatic N) is 5. The summed E-state index contributed by atoms with van der Waals surface area (Å²) < 4.78 is 0. The first-order valence-corrected chi connectivity index (χ1v) is 10.9. The number of para-hydroxylation sites is 1. The Morgan fingerprint density at radius 2 is 1.45 bits per heavy atom. The van der Waals surface area contributed by atoms with Crippen LogP contribution in [0.5, 0.6) is 0 Å². The zero-order valence-electron chi connectivity index (χ0n) is 17.3. The van der Waals surface area contributed by atoms with Gasteiger partial charge in [-0.25, -0.2) is 9.89 Å². The van der Waals surface area contributed by atoms with E-state index in [1.54, 1.807) is 36.4 Å². The number of carbonyl (C=O) groups is 2. The lowest BCUT2D eigenvalue weighted by Crippen LogP contribution is -2.32. The lowest BCUT2D eigenvalue weighted by atomic mass is 10.2. The van der Waals surface area contributed by atoms with Gasteiger partial charge in [-0.1, -0.05) is 48.2 Å². The van der Waals surface area contributed by atoms with E-state index in [1.807, 2.05) is 54.7 Å². The third-order valence-electron chi connectivity index (χ3n) is 4.65. The van der Waals surface area contributed by atoms with Gasteiger partial charge in [-0.05, 0) is 48.5 Å². The number of thioether (sulfide) groups is 1. The second kappa shape index (κ2) is 10.3. The van der Waals surface area contributed by atoms with Crippen LogP contribution in [0.25, 0.3) is 0 Å². The van der Waals surface area contributed by atoms with Crippen LogP contribution in [0.3, 0.4) is 0 Å². The topological polar surface area (TPSA) is 110 Å². The van der Waals surface area contributed by atoms with E-state index < -0.39 is 5.25 Å². The maximum Gasteiger partial charge on any atom is 0.247 e. The molecule has 0 bridgehead atoms. The minimum Gasteiger partial charge on any atom is -0.274 e. The number of nitrogens with one attached hydrogen (secondary N) is 1.